The molecular formula is C4H4NO2Sb. The fourth-order valence-corrected chi connectivity index (χ4v) is 1.54. The number of aromatic amines is 1. The molecule has 1 aromatic heterocycles. The normalized spacial score (nSPS) is 9.00. The first-order valence-corrected chi connectivity index (χ1v) is 5.44. The van der Waals surface area contributed by atoms with Crippen molar-refractivity contribution in [1.82, 2.24) is 4.98 Å². The molecule has 0 unspecified atom stereocenters. The summed E-state index contributed by atoms with van der Waals surface area (Å²) in [6, 6.07) is 3.23. The third-order valence-corrected chi connectivity index (χ3v) is 2.69. The van der Waals surface area contributed by atoms with Crippen LogP contribution in [0.3, 0.4) is 0 Å². The van der Waals surface area contributed by atoms with Crippen molar-refractivity contribution < 1.29 is 6.03 Å². The average molecular weight is 220 g/mol. The van der Waals surface area contributed by atoms with Crippen LogP contribution in [0.5, 0.6) is 0 Å². The third kappa shape index (κ3) is 1.10. The van der Waals surface area contributed by atoms with Gasteiger partial charge < -0.3 is 0 Å². The van der Waals surface area contributed by atoms with Crippen molar-refractivity contribution in [2.24, 2.45) is 0 Å². The van der Waals surface area contributed by atoms with Crippen LogP contribution in [0.2, 0.25) is 0 Å². The molecular weight excluding hydrogens is 216 g/mol. The molecule has 1 heterocycles. The van der Waals surface area contributed by atoms with E-state index in [1.54, 1.807) is 18.3 Å². The molecule has 42 valence electrons. The van der Waals surface area contributed by atoms with Crippen LogP contribution in [-0.2, 0) is 6.03 Å². The fraction of sp³-hybridized carbons (Fsp3) is 0. The topological polar surface area (TPSA) is 49.9 Å². The Bertz CT molecular complexity index is 216. The molecule has 0 aliphatic rings. The molecule has 0 spiro atoms. The van der Waals surface area contributed by atoms with Gasteiger partial charge in [-0.15, -0.1) is 0 Å². The number of rotatable bonds is 1. The van der Waals surface area contributed by atoms with Crippen LogP contribution in [0.25, 0.3) is 0 Å². The van der Waals surface area contributed by atoms with E-state index in [0.717, 1.165) is 0 Å². The molecule has 0 fully saturated rings. The van der Waals surface area contributed by atoms with Gasteiger partial charge in [-0.3, -0.25) is 0 Å². The predicted octanol–water partition coefficient (Wildman–Crippen LogP) is -0.429. The number of aromatic nitrogens is 1. The van der Waals surface area contributed by atoms with Crippen molar-refractivity contribution in [1.29, 1.82) is 0 Å². The zero-order chi connectivity index (χ0) is 5.98. The summed E-state index contributed by atoms with van der Waals surface area (Å²) >= 11 is -3.41. The van der Waals surface area contributed by atoms with E-state index in [1.807, 2.05) is 0 Å². The Morgan fingerprint density at radius 3 is 2.50 bits per heavy atom. The van der Waals surface area contributed by atoms with Crippen LogP contribution in [0, 0.1) is 0 Å². The number of nitrogens with one attached hydrogen (secondary N) is 1. The molecule has 1 N–H and O–H groups in total. The van der Waals surface area contributed by atoms with Gasteiger partial charge in [0.25, 0.3) is 0 Å². The Morgan fingerprint density at radius 2 is 2.25 bits per heavy atom. The van der Waals surface area contributed by atoms with Gasteiger partial charge in [-0.1, -0.05) is 0 Å². The second kappa shape index (κ2) is 2.31. The molecule has 0 aliphatic carbocycles. The van der Waals surface area contributed by atoms with Gasteiger partial charge in [0, 0.05) is 0 Å². The zero-order valence-corrected chi connectivity index (χ0v) is 6.55. The second-order valence-electron chi connectivity index (χ2n) is 1.31. The SMILES string of the molecule is [O]=[Sb](=[O])[c]1ccc[nH]1. The predicted molar refractivity (Wildman–Crippen MR) is 27.6 cm³/mol. The van der Waals surface area contributed by atoms with Gasteiger partial charge in [-0.05, 0) is 0 Å². The molecule has 0 saturated carbocycles. The summed E-state index contributed by atoms with van der Waals surface area (Å²) in [6.07, 6.45) is 1.60. The molecule has 0 bridgehead atoms. The summed E-state index contributed by atoms with van der Waals surface area (Å²) in [5, 5.41) is 0. The molecule has 3 nitrogen and oxygen atoms in total. The van der Waals surface area contributed by atoms with E-state index in [1.165, 1.54) is 0 Å². The van der Waals surface area contributed by atoms with Gasteiger partial charge in [0.05, 0.1) is 0 Å². The summed E-state index contributed by atoms with van der Waals surface area (Å²) in [6.45, 7) is 0. The fourth-order valence-electron chi connectivity index (χ4n) is 0.434. The molecule has 1 aromatic rings. The molecule has 0 aliphatic heterocycles. The van der Waals surface area contributed by atoms with Gasteiger partial charge >= 0.3 is 53.2 Å². The monoisotopic (exact) mass is 219 g/mol. The Hall–Kier alpha value is -0.302. The van der Waals surface area contributed by atoms with Gasteiger partial charge in [-0.2, -0.15) is 0 Å². The maximum absolute atomic E-state index is 10.2. The molecule has 1 rings (SSSR count). The van der Waals surface area contributed by atoms with Gasteiger partial charge in [0.1, 0.15) is 0 Å². The van der Waals surface area contributed by atoms with Crippen LogP contribution in [-0.4, -0.2) is 25.2 Å². The molecule has 8 heavy (non-hydrogen) atoms. The van der Waals surface area contributed by atoms with Crippen molar-refractivity contribution in [2.75, 3.05) is 0 Å². The molecule has 0 aromatic carbocycles. The van der Waals surface area contributed by atoms with E-state index in [-0.39, 0.29) is 0 Å². The van der Waals surface area contributed by atoms with E-state index in [4.69, 9.17) is 0 Å². The third-order valence-electron chi connectivity index (χ3n) is 0.778. The standard InChI is InChI=1S/C4H4N.2O.Sb/c1-2-4-5-3-1;;;/h1-3,5H;;;. The Kier molecular flexibility index (Phi) is 1.68. The first-order chi connectivity index (χ1) is 3.80. The van der Waals surface area contributed by atoms with Crippen LogP contribution >= 0.6 is 0 Å². The minimum atomic E-state index is -3.41. The molecule has 4 heteroatoms. The summed E-state index contributed by atoms with van der Waals surface area (Å²) in [5.41, 5.74) is 0. The molecule has 0 radical (unpaired) electrons. The number of H-pyrrole nitrogens is 1. The summed E-state index contributed by atoms with van der Waals surface area (Å²) < 4.78 is 20.8. The summed E-state index contributed by atoms with van der Waals surface area (Å²) in [5.74, 6) is 0. The second-order valence-corrected chi connectivity index (χ2v) is 4.16. The Morgan fingerprint density at radius 1 is 1.50 bits per heavy atom. The van der Waals surface area contributed by atoms with Gasteiger partial charge in [0.15, 0.2) is 0 Å². The first-order valence-electron chi connectivity index (χ1n) is 2.08. The number of hydrogen-bond donors (Lipinski definition) is 1. The first kappa shape index (κ1) is 5.83. The van der Waals surface area contributed by atoms with Crippen LogP contribution in [0.4, 0.5) is 0 Å². The van der Waals surface area contributed by atoms with E-state index in [2.05, 4.69) is 4.98 Å². The van der Waals surface area contributed by atoms with Crippen molar-refractivity contribution in [3.8, 4) is 0 Å². The maximum atomic E-state index is 10.2. The zero-order valence-electron chi connectivity index (χ0n) is 4.00. The molecule has 0 amide bonds. The summed E-state index contributed by atoms with van der Waals surface area (Å²) in [4.78, 5) is 2.59. The van der Waals surface area contributed by atoms with Gasteiger partial charge in [0.2, 0.25) is 0 Å². The average Bonchev–Trinajstić information content (AvgIpc) is 2.12. The van der Waals surface area contributed by atoms with Crippen LogP contribution in [0.15, 0.2) is 18.3 Å². The van der Waals surface area contributed by atoms with Crippen molar-refractivity contribution in [3.05, 3.63) is 18.3 Å². The van der Waals surface area contributed by atoms with Crippen molar-refractivity contribution >= 4 is 23.8 Å². The minimum absolute atomic E-state index is 0.382. The Balaban J connectivity index is 3.11. The van der Waals surface area contributed by atoms with Gasteiger partial charge in [-0.25, -0.2) is 0 Å². The summed E-state index contributed by atoms with van der Waals surface area (Å²) in [7, 11) is 0. The van der Waals surface area contributed by atoms with E-state index in [9.17, 15) is 6.03 Å². The van der Waals surface area contributed by atoms with Crippen molar-refractivity contribution in [2.45, 2.75) is 0 Å². The van der Waals surface area contributed by atoms with E-state index in [0.29, 0.717) is 3.64 Å². The van der Waals surface area contributed by atoms with Crippen LogP contribution in [0.1, 0.15) is 0 Å². The van der Waals surface area contributed by atoms with E-state index >= 15 is 0 Å². The number of hydrogen-bond acceptors (Lipinski definition) is 2. The van der Waals surface area contributed by atoms with E-state index < -0.39 is 20.2 Å². The van der Waals surface area contributed by atoms with Crippen LogP contribution < -0.4 is 3.64 Å². The Labute approximate surface area is 53.5 Å². The molecule has 0 atom stereocenters. The molecule has 0 saturated heterocycles. The van der Waals surface area contributed by atoms with Crippen molar-refractivity contribution in [3.63, 3.8) is 0 Å². The quantitative estimate of drug-likeness (QED) is 0.652.